The van der Waals surface area contributed by atoms with Gasteiger partial charge in [-0.1, -0.05) is 171 Å². The Kier molecular flexibility index (Phi) is 25.9. The lowest BCUT2D eigenvalue weighted by Gasteiger charge is -2.17. The number of anilines is 1. The Hall–Kier alpha value is -8.09. The second kappa shape index (κ2) is 32.1. The molecule has 0 amide bonds. The maximum absolute atomic E-state index is 5.31. The summed E-state index contributed by atoms with van der Waals surface area (Å²) in [6.07, 6.45) is 1.16. The molecule has 0 saturated heterocycles. The minimum absolute atomic E-state index is 0.398. The quantitative estimate of drug-likeness (QED) is 0.165. The number of benzene rings is 9. The van der Waals surface area contributed by atoms with E-state index in [9.17, 15) is 0 Å². The summed E-state index contributed by atoms with van der Waals surface area (Å²) in [6.45, 7) is 27.6. The molecule has 0 aliphatic heterocycles. The molecule has 0 radical (unpaired) electrons. The predicted octanol–water partition coefficient (Wildman–Crippen LogP) is 19.4. The highest BCUT2D eigenvalue weighted by molar-refractivity contribution is 5.95. The van der Waals surface area contributed by atoms with E-state index < -0.39 is 0 Å². The van der Waals surface area contributed by atoms with Crippen LogP contribution in [0.3, 0.4) is 0 Å². The van der Waals surface area contributed by atoms with Gasteiger partial charge in [0.15, 0.2) is 0 Å². The predicted molar refractivity (Wildman–Crippen MR) is 346 cm³/mol. The van der Waals surface area contributed by atoms with Gasteiger partial charge in [-0.2, -0.15) is 0 Å². The molecular formula is C74H90N2O4. The van der Waals surface area contributed by atoms with Crippen LogP contribution in [0.5, 0.6) is 23.0 Å². The molecule has 0 N–H and O–H groups in total. The zero-order valence-electron chi connectivity index (χ0n) is 51.6. The van der Waals surface area contributed by atoms with E-state index in [2.05, 4.69) is 245 Å². The van der Waals surface area contributed by atoms with E-state index in [4.69, 9.17) is 18.9 Å². The molecule has 0 aliphatic rings. The van der Waals surface area contributed by atoms with Crippen LogP contribution in [0.4, 0.5) is 5.69 Å². The zero-order chi connectivity index (χ0) is 58.9. The molecule has 1 aromatic heterocycles. The fourth-order valence-electron chi connectivity index (χ4n) is 8.93. The van der Waals surface area contributed by atoms with Gasteiger partial charge in [-0.05, 0) is 185 Å². The first kappa shape index (κ1) is 64.4. The largest absolute Gasteiger partial charge is 0.497 e. The second-order valence-corrected chi connectivity index (χ2v) is 21.9. The van der Waals surface area contributed by atoms with Crippen molar-refractivity contribution in [3.8, 4) is 23.0 Å². The highest BCUT2D eigenvalue weighted by atomic mass is 16.5. The van der Waals surface area contributed by atoms with Crippen LogP contribution >= 0.6 is 0 Å². The lowest BCUT2D eigenvalue weighted by atomic mass is 9.88. The second-order valence-electron chi connectivity index (χ2n) is 21.9. The summed E-state index contributed by atoms with van der Waals surface area (Å²) < 4.78 is 20.6. The number of nitrogens with zero attached hydrogens (tertiary/aromatic N) is 2. The molecule has 80 heavy (non-hydrogen) atoms. The number of fused-ring (bicyclic) bond motifs is 3. The Labute approximate surface area is 481 Å². The monoisotopic (exact) mass is 1070 g/mol. The molecular weight excluding hydrogens is 981 g/mol. The summed E-state index contributed by atoms with van der Waals surface area (Å²) in [5, 5.41) is 7.58. The molecule has 0 bridgehead atoms. The van der Waals surface area contributed by atoms with Crippen LogP contribution in [-0.4, -0.2) is 47.5 Å². The molecule has 6 nitrogen and oxygen atoms in total. The van der Waals surface area contributed by atoms with Gasteiger partial charge in [-0.25, -0.2) is 0 Å². The van der Waals surface area contributed by atoms with E-state index in [-0.39, 0.29) is 0 Å². The van der Waals surface area contributed by atoms with Gasteiger partial charge in [0, 0.05) is 48.0 Å². The number of methoxy groups -OCH3 is 4. The van der Waals surface area contributed by atoms with Crippen molar-refractivity contribution in [1.82, 2.24) is 4.98 Å². The third-order valence-corrected chi connectivity index (χ3v) is 12.7. The number of pyridine rings is 1. The molecule has 10 aromatic rings. The summed E-state index contributed by atoms with van der Waals surface area (Å²) >= 11 is 0. The molecule has 0 unspecified atom stereocenters. The highest BCUT2D eigenvalue weighted by Gasteiger charge is 2.10. The van der Waals surface area contributed by atoms with E-state index in [1.54, 1.807) is 28.4 Å². The first-order valence-corrected chi connectivity index (χ1v) is 27.4. The van der Waals surface area contributed by atoms with Crippen LogP contribution in [0.15, 0.2) is 188 Å². The minimum atomic E-state index is 0.398. The summed E-state index contributed by atoms with van der Waals surface area (Å²) in [5.74, 6) is 3.55. The van der Waals surface area contributed by atoms with Crippen molar-refractivity contribution in [3.05, 3.63) is 250 Å². The molecule has 6 heteroatoms. The Morgan fingerprint density at radius 1 is 0.362 bits per heavy atom. The smallest absolute Gasteiger partial charge is 0.126 e. The average molecular weight is 1070 g/mol. The molecule has 0 fully saturated rings. The SMILES string of the molecule is COc1cc(C)c2ccccc2c1.COc1cc(C)cc(OC)c1.COc1cc(C)cc2ccccc12.Cc1cc(C)nc(C)c1.Cc1cc(N(C)C)c2ccccc2c1.Cc1ccc(C)cc1.Cc1ccc(CC(C)(C)C)cc1. The van der Waals surface area contributed by atoms with Crippen LogP contribution in [0.1, 0.15) is 82.2 Å². The highest BCUT2D eigenvalue weighted by Crippen LogP contribution is 2.29. The number of ether oxygens (including phenoxy) is 4. The van der Waals surface area contributed by atoms with Crippen molar-refractivity contribution in [2.75, 3.05) is 47.4 Å². The number of aromatic nitrogens is 1. The van der Waals surface area contributed by atoms with E-state index in [0.717, 1.165) is 46.4 Å². The standard InChI is InChI=1S/C13H15N.2C12H12O.C12H18.C9H12O2.C8H11N.C8H10/c1-10-8-11-6-4-5-7-12(11)13(9-10)14(2)3;1-9-7-11(13-2)8-10-5-3-4-6-12(9)10;1-9-7-10-5-3-4-6-11(10)12(8-9)13-2;1-10-5-7-11(8-6-10)9-12(2,3)4;1-7-4-8(10-2)6-9(5-7)11-3;1-6-4-7(2)9-8(3)5-6;1-7-3-5-8(2)6-4-7/h4-9H,1-3H3;2*3-8H,1-2H3;5-8H,9H2,1-4H3;4-6H,1-3H3;4-5H,1-3H3;3-6H,1-2H3. The summed E-state index contributed by atoms with van der Waals surface area (Å²) in [7, 11) is 10.9. The first-order valence-electron chi connectivity index (χ1n) is 27.4. The molecule has 0 atom stereocenters. The van der Waals surface area contributed by atoms with Crippen LogP contribution in [0.25, 0.3) is 32.3 Å². The maximum atomic E-state index is 5.31. The Morgan fingerprint density at radius 2 is 0.750 bits per heavy atom. The Balaban J connectivity index is 0.000000202. The Morgan fingerprint density at radius 3 is 1.20 bits per heavy atom. The summed E-state index contributed by atoms with van der Waals surface area (Å²) in [4.78, 5) is 6.40. The zero-order valence-corrected chi connectivity index (χ0v) is 51.6. The normalized spacial score (nSPS) is 10.2. The molecule has 0 aliphatic carbocycles. The topological polar surface area (TPSA) is 53.1 Å². The number of aryl methyl sites for hydroxylation is 10. The number of hydrogen-bond donors (Lipinski definition) is 0. The molecule has 1 heterocycles. The molecule has 0 saturated carbocycles. The fraction of sp³-hybridized carbons (Fsp3) is 0.284. The van der Waals surface area contributed by atoms with Crippen molar-refractivity contribution >= 4 is 38.0 Å². The Bertz CT molecular complexity index is 3360. The summed E-state index contributed by atoms with van der Waals surface area (Å²) in [5.41, 5.74) is 15.6. The van der Waals surface area contributed by atoms with Gasteiger partial charge in [-0.3, -0.25) is 4.98 Å². The van der Waals surface area contributed by atoms with Gasteiger partial charge in [0.05, 0.1) is 28.4 Å². The third kappa shape index (κ3) is 22.3. The molecule has 420 valence electrons. The third-order valence-electron chi connectivity index (χ3n) is 12.7. The average Bonchev–Trinajstić information content (AvgIpc) is 3.46. The van der Waals surface area contributed by atoms with Crippen molar-refractivity contribution in [2.45, 2.75) is 96.4 Å². The maximum Gasteiger partial charge on any atom is 0.126 e. The molecule has 0 spiro atoms. The summed E-state index contributed by atoms with van der Waals surface area (Å²) in [6, 6.07) is 65.1. The number of rotatable bonds is 6. The van der Waals surface area contributed by atoms with Crippen LogP contribution in [-0.2, 0) is 6.42 Å². The van der Waals surface area contributed by atoms with Crippen molar-refractivity contribution in [1.29, 1.82) is 0 Å². The van der Waals surface area contributed by atoms with E-state index in [0.29, 0.717) is 5.41 Å². The van der Waals surface area contributed by atoms with Crippen LogP contribution in [0, 0.1) is 74.7 Å². The lowest BCUT2D eigenvalue weighted by Crippen LogP contribution is -2.09. The molecule has 10 rings (SSSR count). The van der Waals surface area contributed by atoms with Crippen LogP contribution < -0.4 is 23.8 Å². The first-order chi connectivity index (χ1) is 38.0. The van der Waals surface area contributed by atoms with Gasteiger partial charge in [0.2, 0.25) is 0 Å². The van der Waals surface area contributed by atoms with Gasteiger partial charge in [0.1, 0.15) is 23.0 Å². The number of hydrogen-bond acceptors (Lipinski definition) is 6. The van der Waals surface area contributed by atoms with Crippen molar-refractivity contribution < 1.29 is 18.9 Å². The fourth-order valence-corrected chi connectivity index (χ4v) is 8.93. The van der Waals surface area contributed by atoms with Gasteiger partial charge in [-0.15, -0.1) is 0 Å². The van der Waals surface area contributed by atoms with E-state index in [1.807, 2.05) is 57.2 Å². The van der Waals surface area contributed by atoms with Gasteiger partial charge in [0.25, 0.3) is 0 Å². The van der Waals surface area contributed by atoms with Crippen molar-refractivity contribution in [2.24, 2.45) is 5.41 Å². The van der Waals surface area contributed by atoms with E-state index in [1.165, 1.54) is 82.5 Å². The van der Waals surface area contributed by atoms with Gasteiger partial charge >= 0.3 is 0 Å². The van der Waals surface area contributed by atoms with Crippen molar-refractivity contribution in [3.63, 3.8) is 0 Å². The lowest BCUT2D eigenvalue weighted by molar-refractivity contribution is 0.394. The molecule has 9 aromatic carbocycles. The van der Waals surface area contributed by atoms with Crippen LogP contribution in [0.2, 0.25) is 0 Å². The van der Waals surface area contributed by atoms with Gasteiger partial charge < -0.3 is 23.8 Å². The van der Waals surface area contributed by atoms with E-state index >= 15 is 0 Å². The minimum Gasteiger partial charge on any atom is -0.497 e.